The summed E-state index contributed by atoms with van der Waals surface area (Å²) in [6.07, 6.45) is 6.92. The standard InChI is InChI=1S/C10H19N3/c1-3-5-13-8-12-7-10(13)6-9(11)4-2/h7-9H,3-6,11H2,1-2H3. The van der Waals surface area contributed by atoms with Gasteiger partial charge in [0.25, 0.3) is 0 Å². The summed E-state index contributed by atoms with van der Waals surface area (Å²) in [5.41, 5.74) is 7.15. The summed E-state index contributed by atoms with van der Waals surface area (Å²) in [5.74, 6) is 0. The van der Waals surface area contributed by atoms with Crippen molar-refractivity contribution in [2.45, 2.75) is 45.7 Å². The number of hydrogen-bond donors (Lipinski definition) is 1. The molecule has 0 aromatic carbocycles. The van der Waals surface area contributed by atoms with Gasteiger partial charge in [0, 0.05) is 30.9 Å². The maximum absolute atomic E-state index is 5.89. The predicted molar refractivity (Wildman–Crippen MR) is 54.5 cm³/mol. The lowest BCUT2D eigenvalue weighted by molar-refractivity contribution is 0.586. The smallest absolute Gasteiger partial charge is 0.0948 e. The minimum Gasteiger partial charge on any atom is -0.335 e. The molecule has 1 unspecified atom stereocenters. The lowest BCUT2D eigenvalue weighted by atomic mass is 10.1. The normalized spacial score (nSPS) is 13.2. The predicted octanol–water partition coefficient (Wildman–Crippen LogP) is 1.57. The molecule has 1 atom stereocenters. The van der Waals surface area contributed by atoms with Gasteiger partial charge in [-0.3, -0.25) is 0 Å². The minimum atomic E-state index is 0.271. The molecule has 0 amide bonds. The molecule has 1 rings (SSSR count). The zero-order valence-corrected chi connectivity index (χ0v) is 8.53. The van der Waals surface area contributed by atoms with E-state index >= 15 is 0 Å². The lowest BCUT2D eigenvalue weighted by Gasteiger charge is -2.10. The van der Waals surface area contributed by atoms with Crippen LogP contribution in [0.1, 0.15) is 32.4 Å². The second-order valence-corrected chi connectivity index (χ2v) is 3.45. The van der Waals surface area contributed by atoms with Gasteiger partial charge in [-0.15, -0.1) is 0 Å². The van der Waals surface area contributed by atoms with Crippen molar-refractivity contribution < 1.29 is 0 Å². The van der Waals surface area contributed by atoms with Gasteiger partial charge >= 0.3 is 0 Å². The van der Waals surface area contributed by atoms with E-state index in [1.54, 1.807) is 0 Å². The van der Waals surface area contributed by atoms with Crippen molar-refractivity contribution in [2.24, 2.45) is 5.73 Å². The molecule has 0 saturated carbocycles. The van der Waals surface area contributed by atoms with Crippen molar-refractivity contribution >= 4 is 0 Å². The third-order valence-corrected chi connectivity index (χ3v) is 2.26. The van der Waals surface area contributed by atoms with Gasteiger partial charge in [0.05, 0.1) is 6.33 Å². The van der Waals surface area contributed by atoms with Crippen LogP contribution in [0.4, 0.5) is 0 Å². The molecule has 3 heteroatoms. The summed E-state index contributed by atoms with van der Waals surface area (Å²) in [6.45, 7) is 5.33. The van der Waals surface area contributed by atoms with Crippen LogP contribution in [0.25, 0.3) is 0 Å². The fourth-order valence-corrected chi connectivity index (χ4v) is 1.37. The van der Waals surface area contributed by atoms with Crippen LogP contribution >= 0.6 is 0 Å². The number of aryl methyl sites for hydroxylation is 1. The average Bonchev–Trinajstić information content (AvgIpc) is 2.54. The number of imidazole rings is 1. The van der Waals surface area contributed by atoms with Crippen molar-refractivity contribution in [3.8, 4) is 0 Å². The second kappa shape index (κ2) is 5.02. The molecular weight excluding hydrogens is 162 g/mol. The van der Waals surface area contributed by atoms with Gasteiger partial charge in [0.2, 0.25) is 0 Å². The van der Waals surface area contributed by atoms with Gasteiger partial charge in [0.15, 0.2) is 0 Å². The molecule has 1 heterocycles. The Labute approximate surface area is 80.0 Å². The zero-order valence-electron chi connectivity index (χ0n) is 8.53. The van der Waals surface area contributed by atoms with Crippen LogP contribution in [0.5, 0.6) is 0 Å². The number of nitrogens with zero attached hydrogens (tertiary/aromatic N) is 2. The highest BCUT2D eigenvalue weighted by atomic mass is 15.0. The van der Waals surface area contributed by atoms with Crippen LogP contribution in [0.3, 0.4) is 0 Å². The Bertz CT molecular complexity index is 242. The van der Waals surface area contributed by atoms with E-state index in [0.717, 1.165) is 25.8 Å². The van der Waals surface area contributed by atoms with E-state index in [-0.39, 0.29) is 6.04 Å². The number of aromatic nitrogens is 2. The Balaban J connectivity index is 2.59. The van der Waals surface area contributed by atoms with Gasteiger partial charge in [-0.1, -0.05) is 13.8 Å². The fourth-order valence-electron chi connectivity index (χ4n) is 1.37. The van der Waals surface area contributed by atoms with E-state index in [2.05, 4.69) is 23.4 Å². The molecule has 3 nitrogen and oxygen atoms in total. The largest absolute Gasteiger partial charge is 0.335 e. The van der Waals surface area contributed by atoms with E-state index in [1.165, 1.54) is 5.69 Å². The van der Waals surface area contributed by atoms with Gasteiger partial charge in [-0.05, 0) is 12.8 Å². The summed E-state index contributed by atoms with van der Waals surface area (Å²) in [6, 6.07) is 0.271. The number of rotatable bonds is 5. The summed E-state index contributed by atoms with van der Waals surface area (Å²) in [7, 11) is 0. The monoisotopic (exact) mass is 181 g/mol. The minimum absolute atomic E-state index is 0.271. The Hall–Kier alpha value is -0.830. The lowest BCUT2D eigenvalue weighted by Crippen LogP contribution is -2.22. The molecule has 0 aliphatic rings. The Kier molecular flexibility index (Phi) is 3.96. The van der Waals surface area contributed by atoms with E-state index in [4.69, 9.17) is 5.73 Å². The first kappa shape index (κ1) is 10.3. The second-order valence-electron chi connectivity index (χ2n) is 3.45. The molecule has 0 fully saturated rings. The zero-order chi connectivity index (χ0) is 9.68. The van der Waals surface area contributed by atoms with E-state index in [1.807, 2.05) is 12.5 Å². The molecule has 1 aromatic rings. The van der Waals surface area contributed by atoms with Gasteiger partial charge in [-0.25, -0.2) is 4.98 Å². The van der Waals surface area contributed by atoms with Crippen molar-refractivity contribution in [2.75, 3.05) is 0 Å². The third kappa shape index (κ3) is 2.84. The maximum Gasteiger partial charge on any atom is 0.0948 e. The molecular formula is C10H19N3. The molecule has 0 spiro atoms. The van der Waals surface area contributed by atoms with Crippen LogP contribution in [-0.2, 0) is 13.0 Å². The average molecular weight is 181 g/mol. The first-order valence-electron chi connectivity index (χ1n) is 5.02. The van der Waals surface area contributed by atoms with Crippen molar-refractivity contribution in [1.29, 1.82) is 0 Å². The van der Waals surface area contributed by atoms with Crippen molar-refractivity contribution in [3.05, 3.63) is 18.2 Å². The topological polar surface area (TPSA) is 43.8 Å². The molecule has 13 heavy (non-hydrogen) atoms. The fraction of sp³-hybridized carbons (Fsp3) is 0.700. The third-order valence-electron chi connectivity index (χ3n) is 2.26. The number of nitrogens with two attached hydrogens (primary N) is 1. The Morgan fingerprint density at radius 1 is 1.54 bits per heavy atom. The quantitative estimate of drug-likeness (QED) is 0.749. The molecule has 0 saturated heterocycles. The summed E-state index contributed by atoms with van der Waals surface area (Å²) < 4.78 is 2.19. The van der Waals surface area contributed by atoms with Crippen molar-refractivity contribution in [1.82, 2.24) is 9.55 Å². The molecule has 0 bridgehead atoms. The molecule has 2 N–H and O–H groups in total. The summed E-state index contributed by atoms with van der Waals surface area (Å²) in [5, 5.41) is 0. The highest BCUT2D eigenvalue weighted by Gasteiger charge is 2.05. The van der Waals surface area contributed by atoms with Gasteiger partial charge < -0.3 is 10.3 Å². The summed E-state index contributed by atoms with van der Waals surface area (Å²) >= 11 is 0. The molecule has 0 aliphatic heterocycles. The van der Waals surface area contributed by atoms with E-state index < -0.39 is 0 Å². The van der Waals surface area contributed by atoms with Gasteiger partial charge in [-0.2, -0.15) is 0 Å². The SMILES string of the molecule is CCCn1cncc1CC(N)CC. The number of hydrogen-bond acceptors (Lipinski definition) is 2. The first-order valence-corrected chi connectivity index (χ1v) is 5.02. The molecule has 1 aromatic heterocycles. The molecule has 74 valence electrons. The van der Waals surface area contributed by atoms with Gasteiger partial charge in [0.1, 0.15) is 0 Å². The van der Waals surface area contributed by atoms with E-state index in [9.17, 15) is 0 Å². The van der Waals surface area contributed by atoms with Crippen LogP contribution in [0.2, 0.25) is 0 Å². The van der Waals surface area contributed by atoms with E-state index in [0.29, 0.717) is 0 Å². The van der Waals surface area contributed by atoms with Crippen LogP contribution in [0.15, 0.2) is 12.5 Å². The maximum atomic E-state index is 5.89. The van der Waals surface area contributed by atoms with Crippen molar-refractivity contribution in [3.63, 3.8) is 0 Å². The van der Waals surface area contributed by atoms with Crippen LogP contribution in [-0.4, -0.2) is 15.6 Å². The highest BCUT2D eigenvalue weighted by Crippen LogP contribution is 2.05. The van der Waals surface area contributed by atoms with Crippen LogP contribution in [0, 0.1) is 0 Å². The molecule has 0 radical (unpaired) electrons. The Morgan fingerprint density at radius 2 is 2.31 bits per heavy atom. The summed E-state index contributed by atoms with van der Waals surface area (Å²) in [4.78, 5) is 4.14. The van der Waals surface area contributed by atoms with Crippen LogP contribution < -0.4 is 5.73 Å². The highest BCUT2D eigenvalue weighted by molar-refractivity contribution is 5.00. The molecule has 0 aliphatic carbocycles. The first-order chi connectivity index (χ1) is 6.27. The Morgan fingerprint density at radius 3 is 2.92 bits per heavy atom.